The number of hydrogen-bond donors (Lipinski definition) is 2. The lowest BCUT2D eigenvalue weighted by Crippen LogP contribution is -2.27. The molecule has 1 aromatic carbocycles. The minimum absolute atomic E-state index is 0.163. The third-order valence-corrected chi connectivity index (χ3v) is 2.40. The Morgan fingerprint density at radius 3 is 2.88 bits per heavy atom. The molecule has 0 bridgehead atoms. The summed E-state index contributed by atoms with van der Waals surface area (Å²) in [6, 6.07) is 7.65. The number of rotatable bonds is 6. The van der Waals surface area contributed by atoms with Crippen LogP contribution in [0.25, 0.3) is 0 Å². The van der Waals surface area contributed by atoms with E-state index < -0.39 is 0 Å². The molecular formula is C12H18N2O2. The first kappa shape index (κ1) is 12.5. The Kier molecular flexibility index (Phi) is 4.79. The zero-order valence-corrected chi connectivity index (χ0v) is 9.48. The molecule has 0 radical (unpaired) electrons. The first-order valence-corrected chi connectivity index (χ1v) is 5.28. The number of benzene rings is 1. The van der Waals surface area contributed by atoms with Gasteiger partial charge in [0.05, 0.1) is 7.11 Å². The van der Waals surface area contributed by atoms with E-state index in [0.717, 1.165) is 24.2 Å². The topological polar surface area (TPSA) is 78.3 Å². The van der Waals surface area contributed by atoms with Gasteiger partial charge in [-0.2, -0.15) is 0 Å². The molecule has 0 spiro atoms. The van der Waals surface area contributed by atoms with Crippen LogP contribution in [0.15, 0.2) is 24.3 Å². The highest BCUT2D eigenvalue weighted by Crippen LogP contribution is 2.14. The molecule has 4 heteroatoms. The first-order chi connectivity index (χ1) is 7.61. The highest BCUT2D eigenvalue weighted by molar-refractivity contribution is 5.74. The van der Waals surface area contributed by atoms with Gasteiger partial charge in [-0.15, -0.1) is 0 Å². The van der Waals surface area contributed by atoms with Crippen LogP contribution in [-0.4, -0.2) is 19.1 Å². The van der Waals surface area contributed by atoms with Crippen LogP contribution < -0.4 is 16.2 Å². The van der Waals surface area contributed by atoms with Gasteiger partial charge in [0.2, 0.25) is 5.91 Å². The smallest absolute Gasteiger partial charge is 0.218 e. The molecule has 1 aromatic rings. The molecule has 88 valence electrons. The van der Waals surface area contributed by atoms with Crippen LogP contribution >= 0.6 is 0 Å². The maximum Gasteiger partial charge on any atom is 0.218 e. The van der Waals surface area contributed by atoms with Gasteiger partial charge in [0.15, 0.2) is 0 Å². The van der Waals surface area contributed by atoms with Crippen molar-refractivity contribution in [2.45, 2.75) is 25.3 Å². The molecule has 0 saturated heterocycles. The van der Waals surface area contributed by atoms with Gasteiger partial charge >= 0.3 is 0 Å². The maximum atomic E-state index is 10.6. The standard InChI is InChI=1S/C12H18N2O2/c1-16-11-4-2-3-9(7-11)5-6-10(13)8-12(14)15/h2-4,7,10H,5-6,8,13H2,1H3,(H2,14,15). The molecule has 4 nitrogen and oxygen atoms in total. The largest absolute Gasteiger partial charge is 0.497 e. The fourth-order valence-corrected chi connectivity index (χ4v) is 1.54. The quantitative estimate of drug-likeness (QED) is 0.748. The summed E-state index contributed by atoms with van der Waals surface area (Å²) in [4.78, 5) is 10.6. The van der Waals surface area contributed by atoms with Crippen LogP contribution in [0.5, 0.6) is 5.75 Å². The van der Waals surface area contributed by atoms with Gasteiger partial charge in [0.1, 0.15) is 5.75 Å². The van der Waals surface area contributed by atoms with E-state index in [2.05, 4.69) is 0 Å². The molecular weight excluding hydrogens is 204 g/mol. The highest BCUT2D eigenvalue weighted by atomic mass is 16.5. The van der Waals surface area contributed by atoms with Gasteiger partial charge in [-0.1, -0.05) is 12.1 Å². The average molecular weight is 222 g/mol. The second kappa shape index (κ2) is 6.12. The molecule has 0 aliphatic heterocycles. The molecule has 4 N–H and O–H groups in total. The van der Waals surface area contributed by atoms with E-state index in [-0.39, 0.29) is 18.4 Å². The summed E-state index contributed by atoms with van der Waals surface area (Å²) < 4.78 is 5.12. The zero-order valence-electron chi connectivity index (χ0n) is 9.48. The number of amides is 1. The van der Waals surface area contributed by atoms with Crippen LogP contribution in [0, 0.1) is 0 Å². The average Bonchev–Trinajstić information content (AvgIpc) is 2.26. The Morgan fingerprint density at radius 2 is 2.25 bits per heavy atom. The predicted octanol–water partition coefficient (Wildman–Crippen LogP) is 0.830. The summed E-state index contributed by atoms with van der Waals surface area (Å²) in [5.74, 6) is 0.485. The number of primary amides is 1. The monoisotopic (exact) mass is 222 g/mol. The molecule has 0 aliphatic rings. The molecule has 1 atom stereocenters. The van der Waals surface area contributed by atoms with Crippen LogP contribution in [0.1, 0.15) is 18.4 Å². The molecule has 0 aromatic heterocycles. The van der Waals surface area contributed by atoms with Gasteiger partial charge in [-0.3, -0.25) is 4.79 Å². The SMILES string of the molecule is COc1cccc(CCC(N)CC(N)=O)c1. The summed E-state index contributed by atoms with van der Waals surface area (Å²) in [6.45, 7) is 0. The van der Waals surface area contributed by atoms with Gasteiger partial charge in [-0.05, 0) is 30.5 Å². The van der Waals surface area contributed by atoms with Crippen LogP contribution in [0.3, 0.4) is 0 Å². The van der Waals surface area contributed by atoms with Gasteiger partial charge in [-0.25, -0.2) is 0 Å². The lowest BCUT2D eigenvalue weighted by atomic mass is 10.0. The Hall–Kier alpha value is -1.55. The number of aryl methyl sites for hydroxylation is 1. The summed E-state index contributed by atoms with van der Waals surface area (Å²) in [5.41, 5.74) is 12.0. The van der Waals surface area contributed by atoms with Crippen molar-refractivity contribution in [2.24, 2.45) is 11.5 Å². The maximum absolute atomic E-state index is 10.6. The van der Waals surface area contributed by atoms with Crippen molar-refractivity contribution in [1.29, 1.82) is 0 Å². The van der Waals surface area contributed by atoms with E-state index >= 15 is 0 Å². The third kappa shape index (κ3) is 4.31. The number of hydrogen-bond acceptors (Lipinski definition) is 3. The Labute approximate surface area is 95.6 Å². The summed E-state index contributed by atoms with van der Waals surface area (Å²) >= 11 is 0. The van der Waals surface area contributed by atoms with E-state index in [1.165, 1.54) is 0 Å². The molecule has 1 rings (SSSR count). The third-order valence-electron chi connectivity index (χ3n) is 2.40. The molecule has 0 fully saturated rings. The predicted molar refractivity (Wildman–Crippen MR) is 63.1 cm³/mol. The fourth-order valence-electron chi connectivity index (χ4n) is 1.54. The molecule has 0 aliphatic carbocycles. The first-order valence-electron chi connectivity index (χ1n) is 5.28. The summed E-state index contributed by atoms with van der Waals surface area (Å²) in [5, 5.41) is 0. The van der Waals surface area contributed by atoms with Crippen molar-refractivity contribution in [1.82, 2.24) is 0 Å². The molecule has 1 amide bonds. The molecule has 0 heterocycles. The second-order valence-electron chi connectivity index (χ2n) is 3.82. The summed E-state index contributed by atoms with van der Waals surface area (Å²) in [6.07, 6.45) is 1.81. The van der Waals surface area contributed by atoms with Gasteiger partial charge < -0.3 is 16.2 Å². The van der Waals surface area contributed by atoms with Crippen molar-refractivity contribution in [3.8, 4) is 5.75 Å². The molecule has 16 heavy (non-hydrogen) atoms. The second-order valence-corrected chi connectivity index (χ2v) is 3.82. The fraction of sp³-hybridized carbons (Fsp3) is 0.417. The van der Waals surface area contributed by atoms with Crippen molar-refractivity contribution < 1.29 is 9.53 Å². The Balaban J connectivity index is 2.44. The van der Waals surface area contributed by atoms with Crippen molar-refractivity contribution >= 4 is 5.91 Å². The minimum atomic E-state index is -0.349. The van der Waals surface area contributed by atoms with Crippen molar-refractivity contribution in [3.05, 3.63) is 29.8 Å². The van der Waals surface area contributed by atoms with E-state index in [4.69, 9.17) is 16.2 Å². The van der Waals surface area contributed by atoms with Gasteiger partial charge in [0, 0.05) is 12.5 Å². The summed E-state index contributed by atoms with van der Waals surface area (Å²) in [7, 11) is 1.64. The number of carbonyl (C=O) groups excluding carboxylic acids is 1. The number of nitrogens with two attached hydrogens (primary N) is 2. The van der Waals surface area contributed by atoms with Crippen LogP contribution in [0.2, 0.25) is 0 Å². The zero-order chi connectivity index (χ0) is 12.0. The lowest BCUT2D eigenvalue weighted by Gasteiger charge is -2.09. The van der Waals surface area contributed by atoms with Gasteiger partial charge in [0.25, 0.3) is 0 Å². The van der Waals surface area contributed by atoms with Crippen molar-refractivity contribution in [3.63, 3.8) is 0 Å². The van der Waals surface area contributed by atoms with Crippen molar-refractivity contribution in [2.75, 3.05) is 7.11 Å². The van der Waals surface area contributed by atoms with E-state index in [1.807, 2.05) is 24.3 Å². The van der Waals surface area contributed by atoms with E-state index in [0.29, 0.717) is 0 Å². The lowest BCUT2D eigenvalue weighted by molar-refractivity contribution is -0.118. The molecule has 1 unspecified atom stereocenters. The van der Waals surface area contributed by atoms with E-state index in [9.17, 15) is 4.79 Å². The number of carbonyl (C=O) groups is 1. The van der Waals surface area contributed by atoms with Crippen LogP contribution in [-0.2, 0) is 11.2 Å². The normalized spacial score (nSPS) is 12.1. The van der Waals surface area contributed by atoms with E-state index in [1.54, 1.807) is 7.11 Å². The Morgan fingerprint density at radius 1 is 1.50 bits per heavy atom. The Bertz CT molecular complexity index is 353. The highest BCUT2D eigenvalue weighted by Gasteiger charge is 2.06. The number of ether oxygens (including phenoxy) is 1. The van der Waals surface area contributed by atoms with Crippen LogP contribution in [0.4, 0.5) is 0 Å². The molecule has 0 saturated carbocycles. The minimum Gasteiger partial charge on any atom is -0.497 e. The number of methoxy groups -OCH3 is 1.